The average Bonchev–Trinajstić information content (AvgIpc) is 2.39. The topological polar surface area (TPSA) is 85.2 Å². The lowest BCUT2D eigenvalue weighted by Crippen LogP contribution is -2.00. The molecule has 0 saturated carbocycles. The normalized spacial score (nSPS) is 9.94. The minimum absolute atomic E-state index is 0.107. The van der Waals surface area contributed by atoms with Crippen LogP contribution in [0.4, 0.5) is 0 Å². The van der Waals surface area contributed by atoms with Gasteiger partial charge < -0.3 is 9.84 Å². The number of pyridine rings is 1. The van der Waals surface area contributed by atoms with E-state index in [2.05, 4.69) is 15.0 Å². The van der Waals surface area contributed by atoms with Crippen molar-refractivity contribution in [1.29, 1.82) is 0 Å². The standard InChI is InChI=1S/C11H9N3O3/c1-17-10-3-7(11(15)16)2-9(14-10)8-4-12-6-13-5-8/h2-6H,1H3,(H,15,16). The monoisotopic (exact) mass is 231 g/mol. The lowest BCUT2D eigenvalue weighted by molar-refractivity contribution is 0.0696. The second-order valence-electron chi connectivity index (χ2n) is 3.22. The summed E-state index contributed by atoms with van der Waals surface area (Å²) in [5.41, 5.74) is 1.20. The van der Waals surface area contributed by atoms with Crippen molar-refractivity contribution in [3.63, 3.8) is 0 Å². The molecule has 2 heterocycles. The quantitative estimate of drug-likeness (QED) is 0.855. The number of carboxylic acid groups (broad SMARTS) is 1. The van der Waals surface area contributed by atoms with E-state index in [0.29, 0.717) is 11.3 Å². The van der Waals surface area contributed by atoms with E-state index in [1.807, 2.05) is 0 Å². The first-order chi connectivity index (χ1) is 8.20. The van der Waals surface area contributed by atoms with Crippen molar-refractivity contribution < 1.29 is 14.6 Å². The molecule has 2 aromatic rings. The zero-order valence-electron chi connectivity index (χ0n) is 8.99. The van der Waals surface area contributed by atoms with Crippen LogP contribution in [-0.4, -0.2) is 33.1 Å². The van der Waals surface area contributed by atoms with Crippen LogP contribution in [-0.2, 0) is 0 Å². The maximum atomic E-state index is 10.9. The smallest absolute Gasteiger partial charge is 0.335 e. The second kappa shape index (κ2) is 4.56. The van der Waals surface area contributed by atoms with Crippen molar-refractivity contribution in [3.8, 4) is 17.1 Å². The minimum atomic E-state index is -1.04. The molecule has 0 spiro atoms. The zero-order chi connectivity index (χ0) is 12.3. The van der Waals surface area contributed by atoms with Crippen molar-refractivity contribution in [2.45, 2.75) is 0 Å². The van der Waals surface area contributed by atoms with Gasteiger partial charge in [-0.3, -0.25) is 0 Å². The van der Waals surface area contributed by atoms with Crippen molar-refractivity contribution >= 4 is 5.97 Å². The molecule has 0 atom stereocenters. The van der Waals surface area contributed by atoms with Gasteiger partial charge in [-0.25, -0.2) is 19.7 Å². The van der Waals surface area contributed by atoms with Crippen LogP contribution >= 0.6 is 0 Å². The molecule has 2 aromatic heterocycles. The van der Waals surface area contributed by atoms with E-state index in [0.717, 1.165) is 0 Å². The summed E-state index contributed by atoms with van der Waals surface area (Å²) in [6, 6.07) is 2.80. The van der Waals surface area contributed by atoms with Crippen molar-refractivity contribution in [1.82, 2.24) is 15.0 Å². The van der Waals surface area contributed by atoms with Crippen LogP contribution in [0.3, 0.4) is 0 Å². The van der Waals surface area contributed by atoms with Gasteiger partial charge in [-0.1, -0.05) is 0 Å². The number of aromatic carboxylic acids is 1. The van der Waals surface area contributed by atoms with Crippen molar-refractivity contribution in [2.24, 2.45) is 0 Å². The maximum absolute atomic E-state index is 10.9. The number of ether oxygens (including phenoxy) is 1. The zero-order valence-corrected chi connectivity index (χ0v) is 8.99. The van der Waals surface area contributed by atoms with E-state index in [9.17, 15) is 4.79 Å². The highest BCUT2D eigenvalue weighted by Gasteiger charge is 2.10. The molecule has 0 unspecified atom stereocenters. The molecule has 6 heteroatoms. The summed E-state index contributed by atoms with van der Waals surface area (Å²) < 4.78 is 4.95. The van der Waals surface area contributed by atoms with Crippen LogP contribution in [0, 0.1) is 0 Å². The lowest BCUT2D eigenvalue weighted by atomic mass is 10.1. The van der Waals surface area contributed by atoms with E-state index in [-0.39, 0.29) is 11.4 Å². The second-order valence-corrected chi connectivity index (χ2v) is 3.22. The Labute approximate surface area is 96.9 Å². The van der Waals surface area contributed by atoms with E-state index >= 15 is 0 Å². The largest absolute Gasteiger partial charge is 0.481 e. The first-order valence-corrected chi connectivity index (χ1v) is 4.75. The summed E-state index contributed by atoms with van der Waals surface area (Å²) in [5.74, 6) is -0.799. The molecule has 0 aliphatic heterocycles. The summed E-state index contributed by atoms with van der Waals surface area (Å²) in [6.45, 7) is 0. The number of nitrogens with zero attached hydrogens (tertiary/aromatic N) is 3. The average molecular weight is 231 g/mol. The third-order valence-electron chi connectivity index (χ3n) is 2.11. The molecule has 2 rings (SSSR count). The Kier molecular flexibility index (Phi) is 2.95. The Balaban J connectivity index is 2.54. The lowest BCUT2D eigenvalue weighted by Gasteiger charge is -2.05. The van der Waals surface area contributed by atoms with Crippen LogP contribution in [0.1, 0.15) is 10.4 Å². The summed E-state index contributed by atoms with van der Waals surface area (Å²) in [6.07, 6.45) is 4.50. The predicted molar refractivity (Wildman–Crippen MR) is 58.8 cm³/mol. The molecule has 0 bridgehead atoms. The van der Waals surface area contributed by atoms with E-state index < -0.39 is 5.97 Å². The third-order valence-corrected chi connectivity index (χ3v) is 2.11. The molecule has 86 valence electrons. The number of carboxylic acids is 1. The fourth-order valence-corrected chi connectivity index (χ4v) is 1.31. The number of aromatic nitrogens is 3. The first kappa shape index (κ1) is 11.0. The molecule has 0 aliphatic rings. The number of hydrogen-bond donors (Lipinski definition) is 1. The van der Waals surface area contributed by atoms with Gasteiger partial charge in [0.05, 0.1) is 18.4 Å². The van der Waals surface area contributed by atoms with E-state index in [1.54, 1.807) is 12.4 Å². The van der Waals surface area contributed by atoms with E-state index in [1.165, 1.54) is 25.6 Å². The van der Waals surface area contributed by atoms with Gasteiger partial charge >= 0.3 is 5.97 Å². The Morgan fingerprint density at radius 1 is 1.29 bits per heavy atom. The van der Waals surface area contributed by atoms with E-state index in [4.69, 9.17) is 9.84 Å². The Bertz CT molecular complexity index is 543. The molecule has 0 aromatic carbocycles. The molecule has 0 radical (unpaired) electrons. The summed E-state index contributed by atoms with van der Waals surface area (Å²) in [4.78, 5) is 22.8. The Morgan fingerprint density at radius 2 is 2.00 bits per heavy atom. The van der Waals surface area contributed by atoms with Gasteiger partial charge in [0, 0.05) is 24.0 Å². The molecular formula is C11H9N3O3. The molecule has 17 heavy (non-hydrogen) atoms. The Hall–Kier alpha value is -2.50. The highest BCUT2D eigenvalue weighted by Crippen LogP contribution is 2.20. The highest BCUT2D eigenvalue weighted by molar-refractivity contribution is 5.89. The molecule has 6 nitrogen and oxygen atoms in total. The van der Waals surface area contributed by atoms with Crippen LogP contribution in [0.25, 0.3) is 11.3 Å². The molecule has 0 fully saturated rings. The predicted octanol–water partition coefficient (Wildman–Crippen LogP) is 1.25. The summed E-state index contributed by atoms with van der Waals surface area (Å²) >= 11 is 0. The number of carbonyl (C=O) groups is 1. The van der Waals surface area contributed by atoms with Gasteiger partial charge in [0.15, 0.2) is 0 Å². The van der Waals surface area contributed by atoms with Gasteiger partial charge in [-0.15, -0.1) is 0 Å². The summed E-state index contributed by atoms with van der Waals surface area (Å²) in [7, 11) is 1.43. The molecule has 1 N–H and O–H groups in total. The van der Waals surface area contributed by atoms with Gasteiger partial charge in [0.2, 0.25) is 5.88 Å². The van der Waals surface area contributed by atoms with Gasteiger partial charge in [0.25, 0.3) is 0 Å². The van der Waals surface area contributed by atoms with Crippen molar-refractivity contribution in [3.05, 3.63) is 36.4 Å². The molecule has 0 aliphatic carbocycles. The summed E-state index contributed by atoms with van der Waals surface area (Å²) in [5, 5.41) is 8.96. The van der Waals surface area contributed by atoms with Gasteiger partial charge in [0.1, 0.15) is 6.33 Å². The molecule has 0 saturated heterocycles. The molecular weight excluding hydrogens is 222 g/mol. The van der Waals surface area contributed by atoms with Crippen LogP contribution in [0.15, 0.2) is 30.9 Å². The van der Waals surface area contributed by atoms with Crippen LogP contribution < -0.4 is 4.74 Å². The SMILES string of the molecule is COc1cc(C(=O)O)cc(-c2cncnc2)n1. The van der Waals surface area contributed by atoms with Crippen LogP contribution in [0.5, 0.6) is 5.88 Å². The number of hydrogen-bond acceptors (Lipinski definition) is 5. The van der Waals surface area contributed by atoms with Crippen molar-refractivity contribution in [2.75, 3.05) is 7.11 Å². The van der Waals surface area contributed by atoms with Gasteiger partial charge in [-0.05, 0) is 6.07 Å². The number of methoxy groups -OCH3 is 1. The fraction of sp³-hybridized carbons (Fsp3) is 0.0909. The maximum Gasteiger partial charge on any atom is 0.335 e. The highest BCUT2D eigenvalue weighted by atomic mass is 16.5. The third kappa shape index (κ3) is 2.36. The van der Waals surface area contributed by atoms with Crippen LogP contribution in [0.2, 0.25) is 0 Å². The number of rotatable bonds is 3. The fourth-order valence-electron chi connectivity index (χ4n) is 1.31. The molecule has 0 amide bonds. The first-order valence-electron chi connectivity index (χ1n) is 4.75. The van der Waals surface area contributed by atoms with Gasteiger partial charge in [-0.2, -0.15) is 0 Å². The minimum Gasteiger partial charge on any atom is -0.481 e. The Morgan fingerprint density at radius 3 is 2.59 bits per heavy atom.